The fraction of sp³-hybridized carbons (Fsp3) is 0.391. The van der Waals surface area contributed by atoms with E-state index in [0.29, 0.717) is 43.2 Å². The molecule has 0 fully saturated rings. The van der Waals surface area contributed by atoms with Crippen LogP contribution in [0.2, 0.25) is 0 Å². The second-order valence-corrected chi connectivity index (χ2v) is 6.97. The summed E-state index contributed by atoms with van der Waals surface area (Å²) in [6, 6.07) is 11.1. The van der Waals surface area contributed by atoms with Gasteiger partial charge in [-0.3, -0.25) is 9.69 Å². The first-order valence-corrected chi connectivity index (χ1v) is 10.1. The number of hydrogen-bond donors (Lipinski definition) is 1. The summed E-state index contributed by atoms with van der Waals surface area (Å²) in [6.45, 7) is 3.34. The summed E-state index contributed by atoms with van der Waals surface area (Å²) in [7, 11) is 3.11. The number of carbonyl (C=O) groups is 2. The standard InChI is InChI=1S/C23H28N2O5/c1-4-30-23(27)25-13-5-6-16-14-18(8-9-19(16)25)24-12-11-20(26)17-7-10-21(28-2)22(15-17)29-3/h7-10,14-15,24H,4-6,11-13H2,1-3H3. The van der Waals surface area contributed by atoms with Crippen LogP contribution in [-0.2, 0) is 11.2 Å². The van der Waals surface area contributed by atoms with Crippen molar-refractivity contribution in [3.8, 4) is 11.5 Å². The number of ketones is 1. The van der Waals surface area contributed by atoms with E-state index in [-0.39, 0.29) is 11.9 Å². The number of carbonyl (C=O) groups excluding carboxylic acids is 2. The molecule has 1 aliphatic rings. The molecule has 7 nitrogen and oxygen atoms in total. The van der Waals surface area contributed by atoms with E-state index in [4.69, 9.17) is 14.2 Å². The molecule has 0 unspecified atom stereocenters. The van der Waals surface area contributed by atoms with Gasteiger partial charge < -0.3 is 19.5 Å². The number of rotatable bonds is 8. The maximum atomic E-state index is 12.5. The Kier molecular flexibility index (Phi) is 7.17. The quantitative estimate of drug-likeness (QED) is 0.652. The lowest BCUT2D eigenvalue weighted by Gasteiger charge is -2.29. The van der Waals surface area contributed by atoms with Gasteiger partial charge in [0.25, 0.3) is 0 Å². The molecule has 1 amide bonds. The van der Waals surface area contributed by atoms with Crippen molar-refractivity contribution >= 4 is 23.3 Å². The zero-order valence-electron chi connectivity index (χ0n) is 17.7. The summed E-state index contributed by atoms with van der Waals surface area (Å²) in [4.78, 5) is 26.4. The summed E-state index contributed by atoms with van der Waals surface area (Å²) >= 11 is 0. The molecule has 30 heavy (non-hydrogen) atoms. The summed E-state index contributed by atoms with van der Waals surface area (Å²) in [6.07, 6.45) is 1.85. The van der Waals surface area contributed by atoms with Crippen LogP contribution in [0.15, 0.2) is 36.4 Å². The van der Waals surface area contributed by atoms with Gasteiger partial charge >= 0.3 is 6.09 Å². The van der Waals surface area contributed by atoms with Gasteiger partial charge in [-0.15, -0.1) is 0 Å². The maximum absolute atomic E-state index is 12.5. The number of ether oxygens (including phenoxy) is 3. The van der Waals surface area contributed by atoms with E-state index in [0.717, 1.165) is 29.8 Å². The second-order valence-electron chi connectivity index (χ2n) is 6.97. The molecule has 2 aromatic rings. The van der Waals surface area contributed by atoms with Crippen molar-refractivity contribution in [2.45, 2.75) is 26.2 Å². The van der Waals surface area contributed by atoms with Crippen LogP contribution in [0.25, 0.3) is 0 Å². The number of nitrogens with zero attached hydrogens (tertiary/aromatic N) is 1. The first-order chi connectivity index (χ1) is 14.6. The molecule has 0 saturated carbocycles. The Balaban J connectivity index is 1.60. The first-order valence-electron chi connectivity index (χ1n) is 10.1. The highest BCUT2D eigenvalue weighted by Gasteiger charge is 2.23. The molecule has 3 rings (SSSR count). The Hall–Kier alpha value is -3.22. The average molecular weight is 412 g/mol. The van der Waals surface area contributed by atoms with Crippen LogP contribution in [-0.4, -0.2) is 45.8 Å². The number of amides is 1. The SMILES string of the molecule is CCOC(=O)N1CCCc2cc(NCCC(=O)c3ccc(OC)c(OC)c3)ccc21. The molecular weight excluding hydrogens is 384 g/mol. The highest BCUT2D eigenvalue weighted by molar-refractivity contribution is 5.97. The fourth-order valence-electron chi connectivity index (χ4n) is 3.57. The zero-order valence-corrected chi connectivity index (χ0v) is 17.7. The molecule has 160 valence electrons. The minimum absolute atomic E-state index is 0.0231. The largest absolute Gasteiger partial charge is 0.493 e. The number of methoxy groups -OCH3 is 2. The number of fused-ring (bicyclic) bond motifs is 1. The minimum atomic E-state index is -0.306. The number of nitrogens with one attached hydrogen (secondary N) is 1. The molecule has 7 heteroatoms. The number of Topliss-reactive ketones (excluding diaryl/α,β-unsaturated/α-hetero) is 1. The van der Waals surface area contributed by atoms with Gasteiger partial charge in [-0.2, -0.15) is 0 Å². The third kappa shape index (κ3) is 4.84. The average Bonchev–Trinajstić information content (AvgIpc) is 2.78. The molecule has 2 aromatic carbocycles. The van der Waals surface area contributed by atoms with Gasteiger partial charge in [0.05, 0.1) is 26.5 Å². The Morgan fingerprint density at radius 3 is 2.60 bits per heavy atom. The molecule has 1 heterocycles. The van der Waals surface area contributed by atoms with Crippen LogP contribution in [0.4, 0.5) is 16.2 Å². The number of aryl methyl sites for hydroxylation is 1. The normalized spacial score (nSPS) is 12.7. The van der Waals surface area contributed by atoms with Crippen LogP contribution in [0.5, 0.6) is 11.5 Å². The smallest absolute Gasteiger partial charge is 0.414 e. The number of anilines is 2. The van der Waals surface area contributed by atoms with E-state index >= 15 is 0 Å². The molecular formula is C23H28N2O5. The highest BCUT2D eigenvalue weighted by Crippen LogP contribution is 2.30. The van der Waals surface area contributed by atoms with E-state index in [9.17, 15) is 9.59 Å². The van der Waals surface area contributed by atoms with Gasteiger partial charge in [-0.1, -0.05) is 0 Å². The van der Waals surface area contributed by atoms with Crippen LogP contribution >= 0.6 is 0 Å². The Morgan fingerprint density at radius 1 is 1.07 bits per heavy atom. The Labute approximate surface area is 176 Å². The van der Waals surface area contributed by atoms with Crippen LogP contribution in [0, 0.1) is 0 Å². The monoisotopic (exact) mass is 412 g/mol. The van der Waals surface area contributed by atoms with Crippen LogP contribution in [0.1, 0.15) is 35.7 Å². The summed E-state index contributed by atoms with van der Waals surface area (Å²) in [5.74, 6) is 1.16. The lowest BCUT2D eigenvalue weighted by molar-refractivity contribution is 0.0986. The third-order valence-corrected chi connectivity index (χ3v) is 5.07. The fourth-order valence-corrected chi connectivity index (χ4v) is 3.57. The van der Waals surface area contributed by atoms with Gasteiger partial charge in [-0.25, -0.2) is 4.79 Å². The Bertz CT molecular complexity index is 912. The van der Waals surface area contributed by atoms with E-state index in [1.807, 2.05) is 18.2 Å². The van der Waals surface area contributed by atoms with Crippen LogP contribution in [0.3, 0.4) is 0 Å². The molecule has 0 aromatic heterocycles. The van der Waals surface area contributed by atoms with E-state index < -0.39 is 0 Å². The van der Waals surface area contributed by atoms with Crippen molar-refractivity contribution in [1.82, 2.24) is 0 Å². The van der Waals surface area contributed by atoms with Crippen molar-refractivity contribution in [2.75, 3.05) is 44.1 Å². The molecule has 0 aliphatic carbocycles. The third-order valence-electron chi connectivity index (χ3n) is 5.07. The van der Waals surface area contributed by atoms with Gasteiger partial charge in [-0.05, 0) is 61.7 Å². The summed E-state index contributed by atoms with van der Waals surface area (Å²) < 4.78 is 15.6. The molecule has 0 spiro atoms. The molecule has 0 saturated heterocycles. The Morgan fingerprint density at radius 2 is 1.87 bits per heavy atom. The van der Waals surface area contributed by atoms with Gasteiger partial charge in [0.1, 0.15) is 0 Å². The molecule has 0 radical (unpaired) electrons. The van der Waals surface area contributed by atoms with Gasteiger partial charge in [0.2, 0.25) is 0 Å². The summed E-state index contributed by atoms with van der Waals surface area (Å²) in [5, 5.41) is 3.30. The molecule has 1 aliphatic heterocycles. The lowest BCUT2D eigenvalue weighted by Crippen LogP contribution is -2.35. The predicted molar refractivity (Wildman–Crippen MR) is 116 cm³/mol. The summed E-state index contributed by atoms with van der Waals surface area (Å²) in [5.41, 5.74) is 3.52. The molecule has 0 atom stereocenters. The number of benzene rings is 2. The van der Waals surface area contributed by atoms with Crippen molar-refractivity contribution in [1.29, 1.82) is 0 Å². The second kappa shape index (κ2) is 10.0. The van der Waals surface area contributed by atoms with Crippen molar-refractivity contribution < 1.29 is 23.8 Å². The first kappa shape index (κ1) is 21.5. The molecule has 1 N–H and O–H groups in total. The van der Waals surface area contributed by atoms with E-state index in [2.05, 4.69) is 5.32 Å². The lowest BCUT2D eigenvalue weighted by atomic mass is 10.0. The van der Waals surface area contributed by atoms with Crippen molar-refractivity contribution in [3.05, 3.63) is 47.5 Å². The van der Waals surface area contributed by atoms with Crippen molar-refractivity contribution in [2.24, 2.45) is 0 Å². The predicted octanol–water partition coefficient (Wildman–Crippen LogP) is 4.30. The van der Waals surface area contributed by atoms with Gasteiger partial charge in [0.15, 0.2) is 17.3 Å². The molecule has 0 bridgehead atoms. The minimum Gasteiger partial charge on any atom is -0.493 e. The van der Waals surface area contributed by atoms with E-state index in [1.54, 1.807) is 44.2 Å². The van der Waals surface area contributed by atoms with Gasteiger partial charge in [0, 0.05) is 30.8 Å². The maximum Gasteiger partial charge on any atom is 0.414 e. The highest BCUT2D eigenvalue weighted by atomic mass is 16.6. The zero-order chi connectivity index (χ0) is 21.5. The van der Waals surface area contributed by atoms with Crippen molar-refractivity contribution in [3.63, 3.8) is 0 Å². The van der Waals surface area contributed by atoms with E-state index in [1.165, 1.54) is 0 Å². The van der Waals surface area contributed by atoms with Crippen LogP contribution < -0.4 is 19.7 Å². The number of hydrogen-bond acceptors (Lipinski definition) is 6. The topological polar surface area (TPSA) is 77.1 Å².